The van der Waals surface area contributed by atoms with Gasteiger partial charge in [-0.2, -0.15) is 0 Å². The van der Waals surface area contributed by atoms with Crippen molar-refractivity contribution in [2.75, 3.05) is 36.9 Å². The highest BCUT2D eigenvalue weighted by atomic mass is 32.1. The fraction of sp³-hybridized carbons (Fsp3) is 0.241. The van der Waals surface area contributed by atoms with E-state index in [9.17, 15) is 9.59 Å². The van der Waals surface area contributed by atoms with Crippen molar-refractivity contribution in [2.45, 2.75) is 20.8 Å². The van der Waals surface area contributed by atoms with E-state index < -0.39 is 0 Å². The summed E-state index contributed by atoms with van der Waals surface area (Å²) in [6, 6.07) is 16.0. The van der Waals surface area contributed by atoms with Crippen molar-refractivity contribution in [1.29, 1.82) is 0 Å². The Morgan fingerprint density at radius 1 is 0.974 bits per heavy atom. The Bertz CT molecular complexity index is 1370. The van der Waals surface area contributed by atoms with Crippen molar-refractivity contribution >= 4 is 39.7 Å². The molecule has 2 aromatic carbocycles. The number of hydrogen-bond donors (Lipinski definition) is 2. The van der Waals surface area contributed by atoms with Crippen LogP contribution in [-0.2, 0) is 4.74 Å². The minimum absolute atomic E-state index is 0.251. The molecule has 0 saturated heterocycles. The van der Waals surface area contributed by atoms with Gasteiger partial charge in [0, 0.05) is 46.8 Å². The van der Waals surface area contributed by atoms with Gasteiger partial charge in [0.05, 0.1) is 11.3 Å². The van der Waals surface area contributed by atoms with Gasteiger partial charge in [-0.05, 0) is 74.1 Å². The minimum Gasteiger partial charge on any atom is -0.461 e. The molecule has 2 heterocycles. The Morgan fingerprint density at radius 2 is 1.68 bits per heavy atom. The Kier molecular flexibility index (Phi) is 9.18. The van der Waals surface area contributed by atoms with Crippen LogP contribution >= 0.6 is 11.3 Å². The number of amides is 1. The summed E-state index contributed by atoms with van der Waals surface area (Å²) in [4.78, 5) is 36.2. The van der Waals surface area contributed by atoms with Gasteiger partial charge in [-0.1, -0.05) is 19.9 Å². The number of likely N-dealkylation sites (N-methyl/N-ethyl adjacent to an activating group) is 1. The number of esters is 1. The molecule has 8 nitrogen and oxygen atoms in total. The van der Waals surface area contributed by atoms with Crippen molar-refractivity contribution in [3.63, 3.8) is 0 Å². The monoisotopic (exact) mass is 529 g/mol. The Balaban J connectivity index is 1.36. The van der Waals surface area contributed by atoms with Gasteiger partial charge in [0.15, 0.2) is 5.13 Å². The normalized spacial score (nSPS) is 10.8. The molecular weight excluding hydrogens is 498 g/mol. The molecule has 2 aromatic heterocycles. The summed E-state index contributed by atoms with van der Waals surface area (Å²) in [7, 11) is 0. The number of pyridine rings is 1. The van der Waals surface area contributed by atoms with Crippen LogP contribution in [0.25, 0.3) is 11.3 Å². The van der Waals surface area contributed by atoms with Crippen LogP contribution in [0.15, 0.2) is 72.4 Å². The van der Waals surface area contributed by atoms with E-state index in [1.54, 1.807) is 48.8 Å². The fourth-order valence-electron chi connectivity index (χ4n) is 3.78. The quantitative estimate of drug-likeness (QED) is 0.230. The summed E-state index contributed by atoms with van der Waals surface area (Å²) in [6.07, 6.45) is 3.48. The molecule has 0 aliphatic heterocycles. The lowest BCUT2D eigenvalue weighted by atomic mass is 10.1. The molecule has 1 amide bonds. The summed E-state index contributed by atoms with van der Waals surface area (Å²) < 4.78 is 5.37. The Morgan fingerprint density at radius 3 is 2.39 bits per heavy atom. The van der Waals surface area contributed by atoms with Gasteiger partial charge in [-0.25, -0.2) is 9.78 Å². The van der Waals surface area contributed by atoms with E-state index >= 15 is 0 Å². The molecule has 196 valence electrons. The average Bonchev–Trinajstić information content (AvgIpc) is 3.41. The molecule has 0 atom stereocenters. The maximum Gasteiger partial charge on any atom is 0.338 e. The first-order valence-electron chi connectivity index (χ1n) is 12.5. The van der Waals surface area contributed by atoms with Crippen molar-refractivity contribution in [3.05, 3.63) is 89.1 Å². The number of rotatable bonds is 11. The SMILES string of the molecule is CCN(CC)CCOC(=O)c1ccc(NC(=O)c2ccc(C)c(Nc3nc(-c4ccncc4)cs3)c2)cc1. The number of benzene rings is 2. The number of hydrogen-bond acceptors (Lipinski definition) is 8. The fourth-order valence-corrected chi connectivity index (χ4v) is 4.52. The van der Waals surface area contributed by atoms with Gasteiger partial charge in [0.25, 0.3) is 5.91 Å². The van der Waals surface area contributed by atoms with Gasteiger partial charge in [-0.3, -0.25) is 9.78 Å². The zero-order valence-electron chi connectivity index (χ0n) is 21.7. The molecule has 4 aromatic rings. The molecule has 9 heteroatoms. The van der Waals surface area contributed by atoms with Crippen molar-refractivity contribution in [2.24, 2.45) is 0 Å². The summed E-state index contributed by atoms with van der Waals surface area (Å²) >= 11 is 1.49. The number of nitrogens with one attached hydrogen (secondary N) is 2. The summed E-state index contributed by atoms with van der Waals surface area (Å²) in [5, 5.41) is 8.93. The molecular formula is C29H31N5O3S. The lowest BCUT2D eigenvalue weighted by molar-refractivity contribution is 0.0466. The van der Waals surface area contributed by atoms with E-state index in [1.807, 2.05) is 30.5 Å². The van der Waals surface area contributed by atoms with Crippen molar-refractivity contribution in [1.82, 2.24) is 14.9 Å². The zero-order chi connectivity index (χ0) is 26.9. The van der Waals surface area contributed by atoms with Crippen molar-refractivity contribution < 1.29 is 14.3 Å². The van der Waals surface area contributed by atoms with Crippen LogP contribution in [0.2, 0.25) is 0 Å². The maximum atomic E-state index is 12.9. The highest BCUT2D eigenvalue weighted by Crippen LogP contribution is 2.28. The topological polar surface area (TPSA) is 96.5 Å². The van der Waals surface area contributed by atoms with Gasteiger partial charge >= 0.3 is 5.97 Å². The highest BCUT2D eigenvalue weighted by molar-refractivity contribution is 7.14. The second-order valence-corrected chi connectivity index (χ2v) is 9.48. The van der Waals surface area contributed by atoms with E-state index in [0.717, 1.165) is 40.7 Å². The molecule has 0 aliphatic carbocycles. The number of carbonyl (C=O) groups excluding carboxylic acids is 2. The van der Waals surface area contributed by atoms with Crippen LogP contribution in [0.3, 0.4) is 0 Å². The van der Waals surface area contributed by atoms with E-state index in [-0.39, 0.29) is 11.9 Å². The third kappa shape index (κ3) is 7.02. The van der Waals surface area contributed by atoms with Gasteiger partial charge < -0.3 is 20.3 Å². The van der Waals surface area contributed by atoms with Crippen LogP contribution < -0.4 is 10.6 Å². The first-order valence-corrected chi connectivity index (χ1v) is 13.4. The van der Waals surface area contributed by atoms with E-state index in [0.29, 0.717) is 30.0 Å². The lowest BCUT2D eigenvalue weighted by Gasteiger charge is -2.17. The largest absolute Gasteiger partial charge is 0.461 e. The van der Waals surface area contributed by atoms with E-state index in [4.69, 9.17) is 4.74 Å². The maximum absolute atomic E-state index is 12.9. The number of carbonyl (C=O) groups is 2. The molecule has 38 heavy (non-hydrogen) atoms. The second kappa shape index (κ2) is 12.9. The molecule has 0 unspecified atom stereocenters. The molecule has 0 saturated carbocycles. The van der Waals surface area contributed by atoms with Gasteiger partial charge in [0.2, 0.25) is 0 Å². The predicted molar refractivity (Wildman–Crippen MR) is 152 cm³/mol. The van der Waals surface area contributed by atoms with E-state index in [1.165, 1.54) is 11.3 Å². The molecule has 2 N–H and O–H groups in total. The van der Waals surface area contributed by atoms with Gasteiger partial charge in [0.1, 0.15) is 6.61 Å². The number of anilines is 3. The van der Waals surface area contributed by atoms with Crippen LogP contribution in [0.5, 0.6) is 0 Å². The molecule has 0 radical (unpaired) electrons. The molecule has 0 bridgehead atoms. The minimum atomic E-state index is -0.376. The molecule has 4 rings (SSSR count). The summed E-state index contributed by atoms with van der Waals surface area (Å²) in [5.74, 6) is -0.627. The first kappa shape index (κ1) is 27.0. The number of aryl methyl sites for hydroxylation is 1. The van der Waals surface area contributed by atoms with Gasteiger partial charge in [-0.15, -0.1) is 11.3 Å². The first-order chi connectivity index (χ1) is 18.5. The summed E-state index contributed by atoms with van der Waals surface area (Å²) in [5.41, 5.74) is 5.19. The predicted octanol–water partition coefficient (Wildman–Crippen LogP) is 6.01. The highest BCUT2D eigenvalue weighted by Gasteiger charge is 2.12. The molecule has 0 spiro atoms. The number of nitrogens with zero attached hydrogens (tertiary/aromatic N) is 3. The van der Waals surface area contributed by atoms with E-state index in [2.05, 4.69) is 39.3 Å². The molecule has 0 fully saturated rings. The number of aromatic nitrogens is 2. The third-order valence-corrected chi connectivity index (χ3v) is 6.89. The van der Waals surface area contributed by atoms with Crippen LogP contribution in [0.4, 0.5) is 16.5 Å². The smallest absolute Gasteiger partial charge is 0.338 e. The van der Waals surface area contributed by atoms with Crippen LogP contribution in [-0.4, -0.2) is 53.0 Å². The van der Waals surface area contributed by atoms with Crippen LogP contribution in [0, 0.1) is 6.92 Å². The average molecular weight is 530 g/mol. The van der Waals surface area contributed by atoms with Crippen LogP contribution in [0.1, 0.15) is 40.1 Å². The number of ether oxygens (including phenoxy) is 1. The lowest BCUT2D eigenvalue weighted by Crippen LogP contribution is -2.27. The second-order valence-electron chi connectivity index (χ2n) is 8.62. The Labute approximate surface area is 226 Å². The zero-order valence-corrected chi connectivity index (χ0v) is 22.5. The molecule has 0 aliphatic rings. The summed E-state index contributed by atoms with van der Waals surface area (Å²) in [6.45, 7) is 9.00. The van der Waals surface area contributed by atoms with Crippen molar-refractivity contribution in [3.8, 4) is 11.3 Å². The Hall–Kier alpha value is -4.08. The number of thiazole rings is 1. The standard InChI is InChI=1S/C29H31N5O3S/c1-4-34(5-2)16-17-37-28(36)22-8-10-24(11-9-22)31-27(35)23-7-6-20(3)25(18-23)32-29-33-26(19-38-29)21-12-14-30-15-13-21/h6-15,18-19H,4-5,16-17H2,1-3H3,(H,31,35)(H,32,33). The third-order valence-electron chi connectivity index (χ3n) is 6.14.